The second-order valence-electron chi connectivity index (χ2n) is 5.55. The zero-order chi connectivity index (χ0) is 19.1. The van der Waals surface area contributed by atoms with E-state index in [4.69, 9.17) is 16.3 Å². The lowest BCUT2D eigenvalue weighted by molar-refractivity contribution is -0.522. The molecule has 0 aromatic heterocycles. The first kappa shape index (κ1) is 19.7. The lowest BCUT2D eigenvalue weighted by atomic mass is 10.2. The lowest BCUT2D eigenvalue weighted by Gasteiger charge is -2.11. The number of amidine groups is 1. The number of hydrogen-bond acceptors (Lipinski definition) is 3. The first-order chi connectivity index (χ1) is 12.5. The van der Waals surface area contributed by atoms with Crippen LogP contribution in [0.4, 0.5) is 5.69 Å². The quantitative estimate of drug-likeness (QED) is 0.255. The van der Waals surface area contributed by atoms with E-state index in [1.165, 1.54) is 18.2 Å². The van der Waals surface area contributed by atoms with Gasteiger partial charge < -0.3 is 4.74 Å². The van der Waals surface area contributed by atoms with Crippen molar-refractivity contribution < 1.29 is 14.2 Å². The lowest BCUT2D eigenvalue weighted by Crippen LogP contribution is -2.34. The van der Waals surface area contributed by atoms with E-state index in [0.29, 0.717) is 11.5 Å². The largest absolute Gasteiger partial charge is 0.456 e. The van der Waals surface area contributed by atoms with Crippen molar-refractivity contribution >= 4 is 23.1 Å². The SMILES string of the molecule is CCNC(c1ccc(Oc2ccc([N+](=O)[O-])cc2Cl)cc1)=[N+](CC)CC. The standard InChI is InChI=1S/C19H22ClN3O3/c1-4-21-19(22(5-2)6-3)14-7-10-16(11-8-14)26-18-12-9-15(23(24)25)13-17(18)20/h7-13H,4-6H2,1-3H3/p+1. The Balaban J connectivity index is 2.24. The molecule has 0 radical (unpaired) electrons. The van der Waals surface area contributed by atoms with E-state index in [1.807, 2.05) is 24.3 Å². The molecular formula is C19H23ClN3O3+. The number of benzene rings is 2. The van der Waals surface area contributed by atoms with Crippen LogP contribution in [0, 0.1) is 10.1 Å². The summed E-state index contributed by atoms with van der Waals surface area (Å²) >= 11 is 6.08. The first-order valence-electron chi connectivity index (χ1n) is 8.58. The summed E-state index contributed by atoms with van der Waals surface area (Å²) in [6.07, 6.45) is 0. The van der Waals surface area contributed by atoms with Gasteiger partial charge in [0.05, 0.1) is 35.1 Å². The Hall–Kier alpha value is -2.60. The Morgan fingerprint density at radius 1 is 1.12 bits per heavy atom. The van der Waals surface area contributed by atoms with Crippen LogP contribution < -0.4 is 10.1 Å². The number of nitro groups is 1. The van der Waals surface area contributed by atoms with Gasteiger partial charge in [0.15, 0.2) is 0 Å². The van der Waals surface area contributed by atoms with E-state index >= 15 is 0 Å². The highest BCUT2D eigenvalue weighted by Gasteiger charge is 2.14. The topological polar surface area (TPSA) is 67.4 Å². The number of rotatable bonds is 7. The van der Waals surface area contributed by atoms with Crippen LogP contribution in [-0.4, -0.2) is 35.0 Å². The van der Waals surface area contributed by atoms with Gasteiger partial charge >= 0.3 is 0 Å². The molecule has 0 atom stereocenters. The summed E-state index contributed by atoms with van der Waals surface area (Å²) in [4.78, 5) is 10.3. The minimum Gasteiger partial charge on any atom is -0.456 e. The molecule has 0 aliphatic rings. The van der Waals surface area contributed by atoms with Crippen LogP contribution in [0.1, 0.15) is 26.3 Å². The van der Waals surface area contributed by atoms with Gasteiger partial charge in [-0.1, -0.05) is 11.6 Å². The summed E-state index contributed by atoms with van der Waals surface area (Å²) in [6, 6.07) is 11.8. The van der Waals surface area contributed by atoms with Gasteiger partial charge in [-0.15, -0.1) is 0 Å². The van der Waals surface area contributed by atoms with Crippen molar-refractivity contribution in [1.29, 1.82) is 0 Å². The molecule has 26 heavy (non-hydrogen) atoms. The number of nitro benzene ring substituents is 1. The third-order valence-corrected chi connectivity index (χ3v) is 4.20. The second kappa shape index (κ2) is 9.20. The zero-order valence-corrected chi connectivity index (χ0v) is 15.9. The second-order valence-corrected chi connectivity index (χ2v) is 5.96. The number of halogens is 1. The average Bonchev–Trinajstić information content (AvgIpc) is 2.64. The number of nitrogens with zero attached hydrogens (tertiary/aromatic N) is 2. The summed E-state index contributed by atoms with van der Waals surface area (Å²) in [5.41, 5.74) is 1.000. The maximum absolute atomic E-state index is 10.8. The Labute approximate surface area is 158 Å². The van der Waals surface area contributed by atoms with E-state index in [2.05, 4.69) is 30.7 Å². The normalized spacial score (nSPS) is 10.3. The van der Waals surface area contributed by atoms with Gasteiger partial charge in [0.2, 0.25) is 0 Å². The van der Waals surface area contributed by atoms with E-state index in [1.54, 1.807) is 0 Å². The van der Waals surface area contributed by atoms with Gasteiger partial charge in [-0.3, -0.25) is 20.0 Å². The Kier molecular flexibility index (Phi) is 6.97. The highest BCUT2D eigenvalue weighted by atomic mass is 35.5. The van der Waals surface area contributed by atoms with Gasteiger partial charge in [-0.05, 0) is 51.1 Å². The van der Waals surface area contributed by atoms with Crippen molar-refractivity contribution in [2.75, 3.05) is 19.6 Å². The minimum atomic E-state index is -0.490. The Morgan fingerprint density at radius 3 is 2.27 bits per heavy atom. The average molecular weight is 377 g/mol. The fourth-order valence-corrected chi connectivity index (χ4v) is 2.81. The molecule has 7 heteroatoms. The molecule has 0 spiro atoms. The van der Waals surface area contributed by atoms with Crippen LogP contribution in [0.2, 0.25) is 5.02 Å². The Morgan fingerprint density at radius 2 is 1.77 bits per heavy atom. The van der Waals surface area contributed by atoms with Crippen LogP contribution >= 0.6 is 11.6 Å². The number of nitrogens with one attached hydrogen (secondary N) is 1. The van der Waals surface area contributed by atoms with Crippen LogP contribution in [0.25, 0.3) is 0 Å². The maximum Gasteiger partial charge on any atom is 0.277 e. The van der Waals surface area contributed by atoms with E-state index < -0.39 is 4.92 Å². The highest BCUT2D eigenvalue weighted by Crippen LogP contribution is 2.32. The van der Waals surface area contributed by atoms with Gasteiger partial charge in [0.25, 0.3) is 11.5 Å². The van der Waals surface area contributed by atoms with Gasteiger partial charge in [0, 0.05) is 12.1 Å². The van der Waals surface area contributed by atoms with Crippen molar-refractivity contribution in [2.24, 2.45) is 0 Å². The Bertz CT molecular complexity index is 798. The fourth-order valence-electron chi connectivity index (χ4n) is 2.60. The van der Waals surface area contributed by atoms with Crippen molar-refractivity contribution in [3.63, 3.8) is 0 Å². The van der Waals surface area contributed by atoms with Crippen LogP contribution in [0.15, 0.2) is 42.5 Å². The van der Waals surface area contributed by atoms with E-state index in [-0.39, 0.29) is 10.7 Å². The van der Waals surface area contributed by atoms with Crippen LogP contribution in [-0.2, 0) is 0 Å². The van der Waals surface area contributed by atoms with Crippen molar-refractivity contribution in [1.82, 2.24) is 5.32 Å². The molecule has 0 unspecified atom stereocenters. The van der Waals surface area contributed by atoms with E-state index in [0.717, 1.165) is 31.0 Å². The molecular weight excluding hydrogens is 354 g/mol. The molecule has 0 saturated heterocycles. The van der Waals surface area contributed by atoms with Gasteiger partial charge in [0.1, 0.15) is 11.5 Å². The number of ether oxygens (including phenoxy) is 1. The smallest absolute Gasteiger partial charge is 0.277 e. The molecule has 2 aromatic rings. The van der Waals surface area contributed by atoms with Gasteiger partial charge in [-0.25, -0.2) is 0 Å². The van der Waals surface area contributed by atoms with E-state index in [9.17, 15) is 10.1 Å². The monoisotopic (exact) mass is 376 g/mol. The maximum atomic E-state index is 10.8. The third-order valence-electron chi connectivity index (χ3n) is 3.91. The molecule has 1 N–H and O–H groups in total. The molecule has 0 saturated carbocycles. The molecule has 0 fully saturated rings. The summed E-state index contributed by atoms with van der Waals surface area (Å²) in [5.74, 6) is 2.07. The van der Waals surface area contributed by atoms with Gasteiger partial charge in [-0.2, -0.15) is 0 Å². The summed E-state index contributed by atoms with van der Waals surface area (Å²) in [7, 11) is 0. The molecule has 6 nitrogen and oxygen atoms in total. The molecule has 2 rings (SSSR count). The molecule has 0 aliphatic heterocycles. The van der Waals surface area contributed by atoms with Crippen molar-refractivity contribution in [2.45, 2.75) is 20.8 Å². The molecule has 0 heterocycles. The third kappa shape index (κ3) is 4.73. The predicted molar refractivity (Wildman–Crippen MR) is 104 cm³/mol. The molecule has 0 aliphatic carbocycles. The summed E-state index contributed by atoms with van der Waals surface area (Å²) in [5, 5.41) is 14.4. The molecule has 0 bridgehead atoms. The number of non-ortho nitro benzene ring substituents is 1. The molecule has 2 aromatic carbocycles. The zero-order valence-electron chi connectivity index (χ0n) is 15.2. The first-order valence-corrected chi connectivity index (χ1v) is 8.95. The van der Waals surface area contributed by atoms with Crippen LogP contribution in [0.5, 0.6) is 11.5 Å². The van der Waals surface area contributed by atoms with Crippen molar-refractivity contribution in [3.8, 4) is 11.5 Å². The summed E-state index contributed by atoms with van der Waals surface area (Å²) < 4.78 is 8.01. The minimum absolute atomic E-state index is 0.0678. The van der Waals surface area contributed by atoms with Crippen molar-refractivity contribution in [3.05, 3.63) is 63.2 Å². The fraction of sp³-hybridized carbons (Fsp3) is 0.316. The number of hydrogen-bond donors (Lipinski definition) is 1. The highest BCUT2D eigenvalue weighted by molar-refractivity contribution is 6.32. The molecule has 0 amide bonds. The predicted octanol–water partition coefficient (Wildman–Crippen LogP) is 4.45. The summed E-state index contributed by atoms with van der Waals surface area (Å²) in [6.45, 7) is 8.97. The molecule has 138 valence electrons. The van der Waals surface area contributed by atoms with Crippen LogP contribution in [0.3, 0.4) is 0 Å².